The van der Waals surface area contributed by atoms with Gasteiger partial charge in [0.15, 0.2) is 11.6 Å². The van der Waals surface area contributed by atoms with E-state index in [0.29, 0.717) is 11.6 Å². The standard InChI is InChI=1S/C10H15N5/c1-6(2)12-8-5-9(13-7(3)4)15-10(11)14-8/h5H,1-4H3,(H2,11,14,15). The Labute approximate surface area is 89.2 Å². The minimum Gasteiger partial charge on any atom is -0.368 e. The van der Waals surface area contributed by atoms with Crippen LogP contribution in [0.2, 0.25) is 0 Å². The molecule has 2 N–H and O–H groups in total. The van der Waals surface area contributed by atoms with Gasteiger partial charge in [-0.1, -0.05) is 0 Å². The molecule has 0 spiro atoms. The van der Waals surface area contributed by atoms with Crippen LogP contribution in [-0.4, -0.2) is 21.4 Å². The molecule has 1 aromatic heterocycles. The van der Waals surface area contributed by atoms with Crippen LogP contribution < -0.4 is 5.73 Å². The molecule has 1 rings (SSSR count). The predicted octanol–water partition coefficient (Wildman–Crippen LogP) is 2.28. The van der Waals surface area contributed by atoms with E-state index in [2.05, 4.69) is 20.0 Å². The molecule has 0 aliphatic carbocycles. The molecule has 0 fully saturated rings. The van der Waals surface area contributed by atoms with Crippen LogP contribution in [-0.2, 0) is 0 Å². The second-order valence-electron chi connectivity index (χ2n) is 3.56. The normalized spacial score (nSPS) is 9.60. The van der Waals surface area contributed by atoms with Gasteiger partial charge in [0, 0.05) is 17.5 Å². The molecular formula is C10H15N5. The summed E-state index contributed by atoms with van der Waals surface area (Å²) in [6, 6.07) is 1.70. The Balaban J connectivity index is 3.17. The van der Waals surface area contributed by atoms with Gasteiger partial charge in [-0.2, -0.15) is 9.97 Å². The fourth-order valence-corrected chi connectivity index (χ4v) is 1.01. The summed E-state index contributed by atoms with van der Waals surface area (Å²) in [6.07, 6.45) is 0. The SMILES string of the molecule is CC(C)=Nc1cc(N=C(C)C)nc(N)n1. The zero-order chi connectivity index (χ0) is 11.4. The lowest BCUT2D eigenvalue weighted by Gasteiger charge is -1.99. The zero-order valence-electron chi connectivity index (χ0n) is 9.44. The van der Waals surface area contributed by atoms with Crippen LogP contribution in [0.4, 0.5) is 17.6 Å². The van der Waals surface area contributed by atoms with Gasteiger partial charge >= 0.3 is 0 Å². The monoisotopic (exact) mass is 205 g/mol. The predicted molar refractivity (Wildman–Crippen MR) is 63.3 cm³/mol. The maximum Gasteiger partial charge on any atom is 0.224 e. The molecule has 0 aromatic carbocycles. The van der Waals surface area contributed by atoms with Gasteiger partial charge in [-0.25, -0.2) is 9.98 Å². The summed E-state index contributed by atoms with van der Waals surface area (Å²) < 4.78 is 0. The highest BCUT2D eigenvalue weighted by Gasteiger charge is 2.00. The zero-order valence-corrected chi connectivity index (χ0v) is 9.44. The van der Waals surface area contributed by atoms with Gasteiger partial charge in [-0.05, 0) is 27.7 Å². The van der Waals surface area contributed by atoms with Crippen LogP contribution in [0.15, 0.2) is 16.1 Å². The second kappa shape index (κ2) is 4.63. The van der Waals surface area contributed by atoms with Gasteiger partial charge in [0.2, 0.25) is 5.95 Å². The molecule has 5 heteroatoms. The summed E-state index contributed by atoms with van der Waals surface area (Å²) in [7, 11) is 0. The van der Waals surface area contributed by atoms with E-state index < -0.39 is 0 Å². The van der Waals surface area contributed by atoms with Crippen molar-refractivity contribution in [2.24, 2.45) is 9.98 Å². The molecule has 5 nitrogen and oxygen atoms in total. The van der Waals surface area contributed by atoms with E-state index in [1.165, 1.54) is 0 Å². The lowest BCUT2D eigenvalue weighted by molar-refractivity contribution is 1.15. The number of hydrogen-bond acceptors (Lipinski definition) is 5. The summed E-state index contributed by atoms with van der Waals surface area (Å²) in [4.78, 5) is 16.4. The molecule has 0 aliphatic rings. The van der Waals surface area contributed by atoms with Gasteiger partial charge in [0.1, 0.15) is 0 Å². The number of nitrogens with zero attached hydrogens (tertiary/aromatic N) is 4. The Hall–Kier alpha value is -1.78. The van der Waals surface area contributed by atoms with Crippen molar-refractivity contribution in [2.45, 2.75) is 27.7 Å². The number of nitrogens with two attached hydrogens (primary N) is 1. The summed E-state index contributed by atoms with van der Waals surface area (Å²) in [6.45, 7) is 7.58. The highest BCUT2D eigenvalue weighted by Crippen LogP contribution is 2.18. The minimum atomic E-state index is 0.192. The first-order chi connectivity index (χ1) is 6.97. The van der Waals surface area contributed by atoms with Crippen molar-refractivity contribution in [3.63, 3.8) is 0 Å². The third-order valence-electron chi connectivity index (χ3n) is 1.39. The maximum absolute atomic E-state index is 5.55. The van der Waals surface area contributed by atoms with E-state index in [1.807, 2.05) is 27.7 Å². The molecule has 0 amide bonds. The lowest BCUT2D eigenvalue weighted by Crippen LogP contribution is -1.95. The van der Waals surface area contributed by atoms with Crippen LogP contribution >= 0.6 is 0 Å². The fraction of sp³-hybridized carbons (Fsp3) is 0.400. The summed E-state index contributed by atoms with van der Waals surface area (Å²) in [5.74, 6) is 1.28. The molecule has 1 aromatic rings. The van der Waals surface area contributed by atoms with Gasteiger partial charge in [0.05, 0.1) is 0 Å². The summed E-state index contributed by atoms with van der Waals surface area (Å²) in [5, 5.41) is 0. The molecule has 0 saturated carbocycles. The maximum atomic E-state index is 5.55. The van der Waals surface area contributed by atoms with Gasteiger partial charge in [-0.15, -0.1) is 0 Å². The molecule has 0 unspecified atom stereocenters. The minimum absolute atomic E-state index is 0.192. The van der Waals surface area contributed by atoms with Crippen LogP contribution in [0.1, 0.15) is 27.7 Å². The van der Waals surface area contributed by atoms with E-state index >= 15 is 0 Å². The number of hydrogen-bond donors (Lipinski definition) is 1. The third kappa shape index (κ3) is 3.84. The summed E-state index contributed by atoms with van der Waals surface area (Å²) in [5.41, 5.74) is 7.38. The topological polar surface area (TPSA) is 76.5 Å². The lowest BCUT2D eigenvalue weighted by atomic mass is 10.4. The first-order valence-electron chi connectivity index (χ1n) is 4.65. The molecule has 0 saturated heterocycles. The molecule has 1 heterocycles. The van der Waals surface area contributed by atoms with E-state index in [4.69, 9.17) is 5.73 Å². The second-order valence-corrected chi connectivity index (χ2v) is 3.56. The largest absolute Gasteiger partial charge is 0.368 e. The van der Waals surface area contributed by atoms with Crippen LogP contribution in [0.5, 0.6) is 0 Å². The van der Waals surface area contributed by atoms with Gasteiger partial charge in [0.25, 0.3) is 0 Å². The number of rotatable bonds is 2. The highest BCUT2D eigenvalue weighted by molar-refractivity contribution is 5.83. The number of anilines is 1. The molecule has 0 atom stereocenters. The van der Waals surface area contributed by atoms with Gasteiger partial charge in [-0.3, -0.25) is 0 Å². The Morgan fingerprint density at radius 1 is 1.00 bits per heavy atom. The van der Waals surface area contributed by atoms with Crippen molar-refractivity contribution in [1.82, 2.24) is 9.97 Å². The highest BCUT2D eigenvalue weighted by atomic mass is 15.1. The Kier molecular flexibility index (Phi) is 3.49. The van der Waals surface area contributed by atoms with E-state index in [-0.39, 0.29) is 5.95 Å². The van der Waals surface area contributed by atoms with Crippen molar-refractivity contribution in [1.29, 1.82) is 0 Å². The molecule has 0 radical (unpaired) electrons. The molecule has 0 aliphatic heterocycles. The summed E-state index contributed by atoms with van der Waals surface area (Å²) >= 11 is 0. The quantitative estimate of drug-likeness (QED) is 0.752. The van der Waals surface area contributed by atoms with Crippen molar-refractivity contribution >= 4 is 29.0 Å². The molecule has 15 heavy (non-hydrogen) atoms. The molecular weight excluding hydrogens is 190 g/mol. The Bertz CT molecular complexity index is 376. The fourth-order valence-electron chi connectivity index (χ4n) is 1.01. The first-order valence-corrected chi connectivity index (χ1v) is 4.65. The van der Waals surface area contributed by atoms with Crippen LogP contribution in [0.3, 0.4) is 0 Å². The first kappa shape index (κ1) is 11.3. The Morgan fingerprint density at radius 3 is 1.73 bits per heavy atom. The number of nitrogen functional groups attached to an aromatic ring is 1. The van der Waals surface area contributed by atoms with Crippen molar-refractivity contribution in [2.75, 3.05) is 5.73 Å². The number of aromatic nitrogens is 2. The smallest absolute Gasteiger partial charge is 0.224 e. The molecule has 0 bridgehead atoms. The van der Waals surface area contributed by atoms with Crippen molar-refractivity contribution < 1.29 is 0 Å². The Morgan fingerprint density at radius 2 is 1.40 bits per heavy atom. The van der Waals surface area contributed by atoms with E-state index in [1.54, 1.807) is 6.07 Å². The van der Waals surface area contributed by atoms with Crippen molar-refractivity contribution in [3.05, 3.63) is 6.07 Å². The van der Waals surface area contributed by atoms with E-state index in [0.717, 1.165) is 11.4 Å². The van der Waals surface area contributed by atoms with Gasteiger partial charge < -0.3 is 5.73 Å². The number of aliphatic imine (C=N–C) groups is 2. The van der Waals surface area contributed by atoms with E-state index in [9.17, 15) is 0 Å². The average Bonchev–Trinajstić information content (AvgIpc) is 1.98. The average molecular weight is 205 g/mol. The third-order valence-corrected chi connectivity index (χ3v) is 1.39. The molecule has 80 valence electrons. The van der Waals surface area contributed by atoms with Crippen LogP contribution in [0, 0.1) is 0 Å². The van der Waals surface area contributed by atoms with Crippen molar-refractivity contribution in [3.8, 4) is 0 Å². The van der Waals surface area contributed by atoms with Crippen LogP contribution in [0.25, 0.3) is 0 Å².